The topological polar surface area (TPSA) is 49.4 Å². The van der Waals surface area contributed by atoms with Crippen molar-refractivity contribution in [1.29, 1.82) is 0 Å². The summed E-state index contributed by atoms with van der Waals surface area (Å²) in [5.74, 6) is 0.866. The molecule has 22 heavy (non-hydrogen) atoms. The fourth-order valence-electron chi connectivity index (χ4n) is 2.57. The highest BCUT2D eigenvalue weighted by Gasteiger charge is 2.17. The maximum atomic E-state index is 12.0. The Hall–Kier alpha value is -1.49. The maximum absolute atomic E-state index is 12.0. The van der Waals surface area contributed by atoms with E-state index >= 15 is 0 Å². The second kappa shape index (κ2) is 8.83. The van der Waals surface area contributed by atoms with Gasteiger partial charge in [-0.2, -0.15) is 0 Å². The Kier molecular flexibility index (Phi) is 6.77. The zero-order chi connectivity index (χ0) is 15.8. The van der Waals surface area contributed by atoms with E-state index in [-0.39, 0.29) is 17.9 Å². The van der Waals surface area contributed by atoms with Gasteiger partial charge < -0.3 is 10.2 Å². The third-order valence-electron chi connectivity index (χ3n) is 3.84. The quantitative estimate of drug-likeness (QED) is 0.876. The number of benzene rings is 1. The van der Waals surface area contributed by atoms with Gasteiger partial charge in [-0.15, -0.1) is 11.8 Å². The standard InChI is InChI=1S/C17H24N2O2S/c1-14(15-8-4-2-5-9-15)18-16(20)12-22-13-17(21)19-10-6-3-7-11-19/h2,4-5,8-9,14H,3,6-7,10-13H2,1H3,(H,18,20). The van der Waals surface area contributed by atoms with Crippen LogP contribution < -0.4 is 5.32 Å². The number of nitrogens with zero attached hydrogens (tertiary/aromatic N) is 1. The van der Waals surface area contributed by atoms with Crippen molar-refractivity contribution in [3.05, 3.63) is 35.9 Å². The van der Waals surface area contributed by atoms with E-state index in [1.165, 1.54) is 18.2 Å². The summed E-state index contributed by atoms with van der Waals surface area (Å²) in [6.07, 6.45) is 3.42. The van der Waals surface area contributed by atoms with Crippen molar-refractivity contribution in [2.45, 2.75) is 32.2 Å². The first-order valence-corrected chi connectivity index (χ1v) is 9.02. The normalized spacial score (nSPS) is 16.1. The molecule has 4 nitrogen and oxygen atoms in total. The molecule has 1 atom stereocenters. The van der Waals surface area contributed by atoms with E-state index in [2.05, 4.69) is 5.32 Å². The van der Waals surface area contributed by atoms with Crippen LogP contribution in [0.15, 0.2) is 30.3 Å². The zero-order valence-corrected chi connectivity index (χ0v) is 13.9. The van der Waals surface area contributed by atoms with Gasteiger partial charge in [0.05, 0.1) is 17.5 Å². The summed E-state index contributed by atoms with van der Waals surface area (Å²) in [6, 6.07) is 9.87. The molecule has 0 saturated carbocycles. The molecule has 0 spiro atoms. The van der Waals surface area contributed by atoms with Crippen molar-refractivity contribution in [3.63, 3.8) is 0 Å². The Morgan fingerprint density at radius 2 is 1.82 bits per heavy atom. The third kappa shape index (κ3) is 5.37. The first kappa shape index (κ1) is 16.9. The largest absolute Gasteiger partial charge is 0.349 e. The van der Waals surface area contributed by atoms with Gasteiger partial charge in [0.2, 0.25) is 11.8 Å². The highest BCUT2D eigenvalue weighted by Crippen LogP contribution is 2.13. The Bertz CT molecular complexity index is 487. The van der Waals surface area contributed by atoms with E-state index in [4.69, 9.17) is 0 Å². The van der Waals surface area contributed by atoms with Gasteiger partial charge in [0.1, 0.15) is 0 Å². The lowest BCUT2D eigenvalue weighted by molar-refractivity contribution is -0.129. The van der Waals surface area contributed by atoms with Crippen LogP contribution in [0.4, 0.5) is 0 Å². The molecule has 0 radical (unpaired) electrons. The predicted octanol–water partition coefficient (Wildman–Crippen LogP) is 2.61. The number of carbonyl (C=O) groups excluding carboxylic acids is 2. The van der Waals surface area contributed by atoms with E-state index in [1.807, 2.05) is 42.2 Å². The Balaban J connectivity index is 1.66. The molecule has 0 aliphatic carbocycles. The van der Waals surface area contributed by atoms with Gasteiger partial charge in [-0.05, 0) is 31.7 Å². The molecule has 1 aliphatic rings. The number of hydrogen-bond acceptors (Lipinski definition) is 3. The first-order valence-electron chi connectivity index (χ1n) is 7.86. The fourth-order valence-corrected chi connectivity index (χ4v) is 3.30. The van der Waals surface area contributed by atoms with Crippen LogP contribution in [-0.2, 0) is 9.59 Å². The Morgan fingerprint density at radius 3 is 2.50 bits per heavy atom. The van der Waals surface area contributed by atoms with Crippen LogP contribution in [0.25, 0.3) is 0 Å². The molecule has 1 unspecified atom stereocenters. The van der Waals surface area contributed by atoms with E-state index < -0.39 is 0 Å². The van der Waals surface area contributed by atoms with Crippen molar-refractivity contribution in [2.75, 3.05) is 24.6 Å². The summed E-state index contributed by atoms with van der Waals surface area (Å²) in [4.78, 5) is 25.8. The van der Waals surface area contributed by atoms with E-state index in [0.29, 0.717) is 11.5 Å². The molecule has 2 amide bonds. The van der Waals surface area contributed by atoms with Gasteiger partial charge in [-0.25, -0.2) is 0 Å². The van der Waals surface area contributed by atoms with Gasteiger partial charge in [-0.3, -0.25) is 9.59 Å². The molecule has 1 aliphatic heterocycles. The molecule has 1 N–H and O–H groups in total. The lowest BCUT2D eigenvalue weighted by atomic mass is 10.1. The molecular weight excluding hydrogens is 296 g/mol. The zero-order valence-electron chi connectivity index (χ0n) is 13.1. The van der Waals surface area contributed by atoms with Gasteiger partial charge in [-0.1, -0.05) is 30.3 Å². The molecule has 0 bridgehead atoms. The van der Waals surface area contributed by atoms with Crippen LogP contribution in [0.3, 0.4) is 0 Å². The van der Waals surface area contributed by atoms with Crippen LogP contribution in [0.2, 0.25) is 0 Å². The average molecular weight is 320 g/mol. The smallest absolute Gasteiger partial charge is 0.232 e. The summed E-state index contributed by atoms with van der Waals surface area (Å²) in [7, 11) is 0. The second-order valence-electron chi connectivity index (χ2n) is 5.63. The van der Waals surface area contributed by atoms with Crippen molar-refractivity contribution in [3.8, 4) is 0 Å². The van der Waals surface area contributed by atoms with Crippen molar-refractivity contribution >= 4 is 23.6 Å². The summed E-state index contributed by atoms with van der Waals surface area (Å²) < 4.78 is 0. The second-order valence-corrected chi connectivity index (χ2v) is 6.62. The molecule has 1 fully saturated rings. The highest BCUT2D eigenvalue weighted by molar-refractivity contribution is 8.00. The molecule has 5 heteroatoms. The molecule has 1 heterocycles. The van der Waals surface area contributed by atoms with E-state index in [0.717, 1.165) is 31.5 Å². The molecule has 1 aromatic rings. The van der Waals surface area contributed by atoms with Crippen molar-refractivity contribution in [2.24, 2.45) is 0 Å². The summed E-state index contributed by atoms with van der Waals surface area (Å²) in [5, 5.41) is 2.96. The predicted molar refractivity (Wildman–Crippen MR) is 90.8 cm³/mol. The summed E-state index contributed by atoms with van der Waals surface area (Å²) in [5.41, 5.74) is 1.09. The van der Waals surface area contributed by atoms with Crippen molar-refractivity contribution in [1.82, 2.24) is 10.2 Å². The molecule has 120 valence electrons. The van der Waals surface area contributed by atoms with Crippen LogP contribution in [-0.4, -0.2) is 41.3 Å². The number of amides is 2. The number of likely N-dealkylation sites (tertiary alicyclic amines) is 1. The Morgan fingerprint density at radius 1 is 1.14 bits per heavy atom. The number of piperidine rings is 1. The summed E-state index contributed by atoms with van der Waals surface area (Å²) in [6.45, 7) is 3.71. The number of nitrogens with one attached hydrogen (secondary N) is 1. The average Bonchev–Trinajstić information content (AvgIpc) is 2.56. The van der Waals surface area contributed by atoms with Gasteiger partial charge in [0, 0.05) is 13.1 Å². The van der Waals surface area contributed by atoms with Gasteiger partial charge in [0.25, 0.3) is 0 Å². The van der Waals surface area contributed by atoms with Gasteiger partial charge in [0.15, 0.2) is 0 Å². The molecule has 2 rings (SSSR count). The maximum Gasteiger partial charge on any atom is 0.232 e. The van der Waals surface area contributed by atoms with E-state index in [9.17, 15) is 9.59 Å². The van der Waals surface area contributed by atoms with Crippen LogP contribution in [0.1, 0.15) is 37.8 Å². The highest BCUT2D eigenvalue weighted by atomic mass is 32.2. The lowest BCUT2D eigenvalue weighted by Crippen LogP contribution is -2.37. The number of hydrogen-bond donors (Lipinski definition) is 1. The van der Waals surface area contributed by atoms with Crippen LogP contribution >= 0.6 is 11.8 Å². The van der Waals surface area contributed by atoms with Gasteiger partial charge >= 0.3 is 0 Å². The number of rotatable bonds is 6. The minimum Gasteiger partial charge on any atom is -0.349 e. The van der Waals surface area contributed by atoms with Crippen LogP contribution in [0.5, 0.6) is 0 Å². The fraction of sp³-hybridized carbons (Fsp3) is 0.529. The monoisotopic (exact) mass is 320 g/mol. The minimum atomic E-state index is -0.0206. The third-order valence-corrected chi connectivity index (χ3v) is 4.76. The SMILES string of the molecule is CC(NC(=O)CSCC(=O)N1CCCCC1)c1ccccc1. The van der Waals surface area contributed by atoms with E-state index in [1.54, 1.807) is 0 Å². The number of carbonyl (C=O) groups is 2. The molecule has 0 aromatic heterocycles. The first-order chi connectivity index (χ1) is 10.7. The molecule has 1 aromatic carbocycles. The minimum absolute atomic E-state index is 0.00732. The summed E-state index contributed by atoms with van der Waals surface area (Å²) >= 11 is 1.40. The van der Waals surface area contributed by atoms with Crippen LogP contribution in [0, 0.1) is 0 Å². The lowest BCUT2D eigenvalue weighted by Gasteiger charge is -2.26. The Labute approximate surface area is 136 Å². The molecular formula is C17H24N2O2S. The van der Waals surface area contributed by atoms with Crippen molar-refractivity contribution < 1.29 is 9.59 Å². The molecule has 1 saturated heterocycles. The number of thioether (sulfide) groups is 1.